The standard InChI is InChI=1S/C8H19N3/c1-8-7-10(2)5-6-11(8)4-3-9/h8H,3-7,9H2,1-2H3. The second kappa shape index (κ2) is 4.04. The maximum absolute atomic E-state index is 5.50. The molecule has 3 nitrogen and oxygen atoms in total. The third-order valence-electron chi connectivity index (χ3n) is 2.38. The lowest BCUT2D eigenvalue weighted by molar-refractivity contribution is 0.103. The third kappa shape index (κ3) is 2.43. The van der Waals surface area contributed by atoms with E-state index in [2.05, 4.69) is 23.8 Å². The van der Waals surface area contributed by atoms with Gasteiger partial charge in [0.15, 0.2) is 0 Å². The first-order chi connectivity index (χ1) is 5.24. The number of rotatable bonds is 2. The van der Waals surface area contributed by atoms with Crippen LogP contribution in [-0.2, 0) is 0 Å². The summed E-state index contributed by atoms with van der Waals surface area (Å²) >= 11 is 0. The van der Waals surface area contributed by atoms with Gasteiger partial charge in [0.05, 0.1) is 0 Å². The van der Waals surface area contributed by atoms with Crippen molar-refractivity contribution < 1.29 is 0 Å². The largest absolute Gasteiger partial charge is 0.329 e. The van der Waals surface area contributed by atoms with Gasteiger partial charge in [0.25, 0.3) is 0 Å². The van der Waals surface area contributed by atoms with Gasteiger partial charge in [-0.2, -0.15) is 0 Å². The van der Waals surface area contributed by atoms with Crippen LogP contribution in [-0.4, -0.2) is 55.6 Å². The molecule has 1 aliphatic rings. The molecule has 1 fully saturated rings. The average Bonchev–Trinajstić information content (AvgIpc) is 1.95. The minimum absolute atomic E-state index is 0.678. The molecule has 2 N–H and O–H groups in total. The van der Waals surface area contributed by atoms with Gasteiger partial charge in [0.2, 0.25) is 0 Å². The molecular formula is C8H19N3. The van der Waals surface area contributed by atoms with Crippen molar-refractivity contribution >= 4 is 0 Å². The summed E-state index contributed by atoms with van der Waals surface area (Å²) < 4.78 is 0. The van der Waals surface area contributed by atoms with Crippen LogP contribution in [0.2, 0.25) is 0 Å². The fourth-order valence-electron chi connectivity index (χ4n) is 1.68. The molecule has 1 aliphatic heterocycles. The third-order valence-corrected chi connectivity index (χ3v) is 2.38. The van der Waals surface area contributed by atoms with Crippen LogP contribution in [0.15, 0.2) is 0 Å². The molecule has 0 spiro atoms. The number of nitrogens with two attached hydrogens (primary N) is 1. The summed E-state index contributed by atoms with van der Waals surface area (Å²) in [6.45, 7) is 7.65. The van der Waals surface area contributed by atoms with Gasteiger partial charge in [-0.25, -0.2) is 0 Å². The Morgan fingerprint density at radius 1 is 1.45 bits per heavy atom. The highest BCUT2D eigenvalue weighted by molar-refractivity contribution is 4.76. The molecule has 1 unspecified atom stereocenters. The molecule has 0 aromatic rings. The van der Waals surface area contributed by atoms with Crippen LogP contribution in [0, 0.1) is 0 Å². The molecule has 66 valence electrons. The van der Waals surface area contributed by atoms with Crippen LogP contribution < -0.4 is 5.73 Å². The molecule has 0 aromatic heterocycles. The number of nitrogens with zero attached hydrogens (tertiary/aromatic N) is 2. The summed E-state index contributed by atoms with van der Waals surface area (Å²) in [6.07, 6.45) is 0. The lowest BCUT2D eigenvalue weighted by Gasteiger charge is -2.37. The zero-order valence-electron chi connectivity index (χ0n) is 7.58. The predicted molar refractivity (Wildman–Crippen MR) is 47.6 cm³/mol. The van der Waals surface area contributed by atoms with E-state index < -0.39 is 0 Å². The normalized spacial score (nSPS) is 29.2. The van der Waals surface area contributed by atoms with Crippen LogP contribution in [0.4, 0.5) is 0 Å². The molecule has 0 amide bonds. The van der Waals surface area contributed by atoms with E-state index in [0.29, 0.717) is 6.04 Å². The first kappa shape index (κ1) is 8.97. The molecule has 0 aliphatic carbocycles. The predicted octanol–water partition coefficient (Wildman–Crippen LogP) is -0.419. The van der Waals surface area contributed by atoms with E-state index in [-0.39, 0.29) is 0 Å². The molecule has 11 heavy (non-hydrogen) atoms. The van der Waals surface area contributed by atoms with Crippen molar-refractivity contribution in [1.82, 2.24) is 9.80 Å². The molecule has 0 bridgehead atoms. The minimum Gasteiger partial charge on any atom is -0.329 e. The van der Waals surface area contributed by atoms with Crippen molar-refractivity contribution in [3.8, 4) is 0 Å². The van der Waals surface area contributed by atoms with Crippen LogP contribution in [0.25, 0.3) is 0 Å². The Hall–Kier alpha value is -0.120. The molecule has 0 saturated carbocycles. The number of hydrogen-bond donors (Lipinski definition) is 1. The van der Waals surface area contributed by atoms with Gasteiger partial charge < -0.3 is 10.6 Å². The smallest absolute Gasteiger partial charge is 0.0195 e. The second-order valence-electron chi connectivity index (χ2n) is 3.44. The Morgan fingerprint density at radius 2 is 2.18 bits per heavy atom. The highest BCUT2D eigenvalue weighted by Crippen LogP contribution is 2.05. The van der Waals surface area contributed by atoms with Gasteiger partial charge >= 0.3 is 0 Å². The summed E-state index contributed by atoms with van der Waals surface area (Å²) in [6, 6.07) is 0.678. The van der Waals surface area contributed by atoms with E-state index in [0.717, 1.165) is 13.1 Å². The second-order valence-corrected chi connectivity index (χ2v) is 3.44. The van der Waals surface area contributed by atoms with Gasteiger partial charge in [0.1, 0.15) is 0 Å². The van der Waals surface area contributed by atoms with Gasteiger partial charge in [-0.05, 0) is 14.0 Å². The zero-order chi connectivity index (χ0) is 8.27. The number of piperazine rings is 1. The minimum atomic E-state index is 0.678. The van der Waals surface area contributed by atoms with Crippen LogP contribution in [0.3, 0.4) is 0 Å². The van der Waals surface area contributed by atoms with E-state index in [4.69, 9.17) is 5.73 Å². The molecular weight excluding hydrogens is 138 g/mol. The van der Waals surface area contributed by atoms with E-state index in [9.17, 15) is 0 Å². The van der Waals surface area contributed by atoms with Crippen LogP contribution in [0.1, 0.15) is 6.92 Å². The lowest BCUT2D eigenvalue weighted by Crippen LogP contribution is -2.51. The number of hydrogen-bond acceptors (Lipinski definition) is 3. The van der Waals surface area contributed by atoms with Crippen molar-refractivity contribution in [2.75, 3.05) is 39.8 Å². The summed E-state index contributed by atoms with van der Waals surface area (Å²) in [5.74, 6) is 0. The van der Waals surface area contributed by atoms with E-state index in [1.54, 1.807) is 0 Å². The van der Waals surface area contributed by atoms with E-state index in [1.807, 2.05) is 0 Å². The maximum Gasteiger partial charge on any atom is 0.0195 e. The highest BCUT2D eigenvalue weighted by Gasteiger charge is 2.19. The Balaban J connectivity index is 2.31. The van der Waals surface area contributed by atoms with E-state index in [1.165, 1.54) is 19.6 Å². The molecule has 1 saturated heterocycles. The zero-order valence-corrected chi connectivity index (χ0v) is 7.58. The van der Waals surface area contributed by atoms with Crippen molar-refractivity contribution in [2.24, 2.45) is 5.73 Å². The van der Waals surface area contributed by atoms with Gasteiger partial charge in [-0.3, -0.25) is 4.90 Å². The maximum atomic E-state index is 5.50. The van der Waals surface area contributed by atoms with Crippen molar-refractivity contribution in [3.05, 3.63) is 0 Å². The first-order valence-electron chi connectivity index (χ1n) is 4.36. The monoisotopic (exact) mass is 157 g/mol. The Morgan fingerprint density at radius 3 is 2.73 bits per heavy atom. The number of likely N-dealkylation sites (N-methyl/N-ethyl adjacent to an activating group) is 1. The van der Waals surface area contributed by atoms with Crippen molar-refractivity contribution in [1.29, 1.82) is 0 Å². The van der Waals surface area contributed by atoms with Gasteiger partial charge in [0, 0.05) is 38.8 Å². The SMILES string of the molecule is CC1CN(C)CCN1CCN. The Kier molecular flexibility index (Phi) is 3.30. The van der Waals surface area contributed by atoms with Gasteiger partial charge in [-0.15, -0.1) is 0 Å². The summed E-state index contributed by atoms with van der Waals surface area (Å²) in [5, 5.41) is 0. The quantitative estimate of drug-likeness (QED) is 0.591. The van der Waals surface area contributed by atoms with Gasteiger partial charge in [-0.1, -0.05) is 0 Å². The van der Waals surface area contributed by atoms with E-state index >= 15 is 0 Å². The summed E-state index contributed by atoms with van der Waals surface area (Å²) in [4.78, 5) is 4.83. The molecule has 3 heteroatoms. The fourth-order valence-corrected chi connectivity index (χ4v) is 1.68. The Labute approximate surface area is 69.1 Å². The topological polar surface area (TPSA) is 32.5 Å². The molecule has 1 heterocycles. The average molecular weight is 157 g/mol. The molecule has 1 rings (SSSR count). The molecule has 0 aromatic carbocycles. The summed E-state index contributed by atoms with van der Waals surface area (Å²) in [5.41, 5.74) is 5.50. The Bertz CT molecular complexity index is 116. The lowest BCUT2D eigenvalue weighted by atomic mass is 10.2. The van der Waals surface area contributed by atoms with Crippen molar-refractivity contribution in [3.63, 3.8) is 0 Å². The highest BCUT2D eigenvalue weighted by atomic mass is 15.3. The first-order valence-corrected chi connectivity index (χ1v) is 4.36. The molecule has 1 atom stereocenters. The van der Waals surface area contributed by atoms with Crippen molar-refractivity contribution in [2.45, 2.75) is 13.0 Å². The molecule has 0 radical (unpaired) electrons. The van der Waals surface area contributed by atoms with Crippen LogP contribution in [0.5, 0.6) is 0 Å². The van der Waals surface area contributed by atoms with Crippen LogP contribution >= 0.6 is 0 Å². The summed E-state index contributed by atoms with van der Waals surface area (Å²) in [7, 11) is 2.18. The fraction of sp³-hybridized carbons (Fsp3) is 1.00.